The predicted molar refractivity (Wildman–Crippen MR) is 77.4 cm³/mol. The number of carbonyl (C=O) groups is 2. The summed E-state index contributed by atoms with van der Waals surface area (Å²) in [6, 6.07) is 7.09. The number of nitrogens with zero attached hydrogens (tertiary/aromatic N) is 2. The monoisotopic (exact) mass is 298 g/mol. The van der Waals surface area contributed by atoms with Gasteiger partial charge in [-0.25, -0.2) is 9.97 Å². The molecule has 1 aromatic carbocycles. The molecule has 0 aliphatic carbocycles. The van der Waals surface area contributed by atoms with Crippen molar-refractivity contribution in [3.63, 3.8) is 0 Å². The Morgan fingerprint density at radius 1 is 1.23 bits per heavy atom. The highest BCUT2D eigenvalue weighted by atomic mass is 16.5. The molecule has 22 heavy (non-hydrogen) atoms. The zero-order chi connectivity index (χ0) is 15.5. The molecule has 7 heteroatoms. The largest absolute Gasteiger partial charge is 0.493 e. The van der Waals surface area contributed by atoms with Gasteiger partial charge in [-0.05, 0) is 17.2 Å². The second-order valence-electron chi connectivity index (χ2n) is 4.88. The van der Waals surface area contributed by atoms with Gasteiger partial charge in [0.05, 0.1) is 6.61 Å². The fourth-order valence-corrected chi connectivity index (χ4v) is 2.24. The highest BCUT2D eigenvalue weighted by molar-refractivity contribution is 5.96. The molecule has 0 bridgehead atoms. The molecule has 0 unspecified atom stereocenters. The van der Waals surface area contributed by atoms with E-state index in [2.05, 4.69) is 15.3 Å². The second-order valence-corrected chi connectivity index (χ2v) is 4.88. The van der Waals surface area contributed by atoms with Crippen LogP contribution in [0.2, 0.25) is 0 Å². The fraction of sp³-hybridized carbons (Fsp3) is 0.200. The lowest BCUT2D eigenvalue weighted by atomic mass is 10.1. The van der Waals surface area contributed by atoms with Crippen molar-refractivity contribution in [2.24, 2.45) is 5.73 Å². The van der Waals surface area contributed by atoms with Crippen LogP contribution in [-0.4, -0.2) is 28.4 Å². The molecule has 1 aliphatic rings. The van der Waals surface area contributed by atoms with Crippen molar-refractivity contribution in [3.8, 4) is 5.75 Å². The summed E-state index contributed by atoms with van der Waals surface area (Å²) in [5.41, 5.74) is 7.36. The van der Waals surface area contributed by atoms with Gasteiger partial charge in [-0.3, -0.25) is 9.59 Å². The van der Waals surface area contributed by atoms with E-state index in [1.165, 1.54) is 6.07 Å². The highest BCUT2D eigenvalue weighted by Gasteiger charge is 2.14. The normalized spacial score (nSPS) is 12.4. The van der Waals surface area contributed by atoms with Crippen molar-refractivity contribution in [3.05, 3.63) is 53.1 Å². The summed E-state index contributed by atoms with van der Waals surface area (Å²) in [5.74, 6) is -0.186. The molecule has 3 N–H and O–H groups in total. The number of hydrogen-bond donors (Lipinski definition) is 2. The van der Waals surface area contributed by atoms with Gasteiger partial charge in [-0.1, -0.05) is 12.1 Å². The Balaban J connectivity index is 1.67. The molecular formula is C15H14N4O3. The first-order chi connectivity index (χ1) is 10.6. The first kappa shape index (κ1) is 14.0. The van der Waals surface area contributed by atoms with Gasteiger partial charge in [0, 0.05) is 19.0 Å². The first-order valence-electron chi connectivity index (χ1n) is 6.78. The van der Waals surface area contributed by atoms with E-state index in [1.807, 2.05) is 18.2 Å². The third-order valence-corrected chi connectivity index (χ3v) is 3.36. The smallest absolute Gasteiger partial charge is 0.270 e. The molecule has 0 saturated carbocycles. The lowest BCUT2D eigenvalue weighted by Gasteiger charge is -2.07. The van der Waals surface area contributed by atoms with Crippen LogP contribution in [0.5, 0.6) is 5.75 Å². The molecule has 0 atom stereocenters. The van der Waals surface area contributed by atoms with Crippen molar-refractivity contribution in [1.82, 2.24) is 15.3 Å². The Bertz CT molecular complexity index is 745. The predicted octanol–water partition coefficient (Wildman–Crippen LogP) is 0.440. The van der Waals surface area contributed by atoms with Crippen LogP contribution in [0, 0.1) is 0 Å². The van der Waals surface area contributed by atoms with Crippen LogP contribution in [0.4, 0.5) is 0 Å². The SMILES string of the molecule is NC(=O)c1cc(C(=O)NCc2ccc3c(c2)CCO3)ncn1. The quantitative estimate of drug-likeness (QED) is 0.851. The second kappa shape index (κ2) is 5.80. The number of carbonyl (C=O) groups excluding carboxylic acids is 2. The summed E-state index contributed by atoms with van der Waals surface area (Å²) in [5, 5.41) is 2.75. The molecule has 0 radical (unpaired) electrons. The minimum atomic E-state index is -0.699. The van der Waals surface area contributed by atoms with Crippen molar-refractivity contribution >= 4 is 11.8 Å². The molecule has 2 aromatic rings. The van der Waals surface area contributed by atoms with E-state index >= 15 is 0 Å². The lowest BCUT2D eigenvalue weighted by molar-refractivity contribution is 0.0945. The van der Waals surface area contributed by atoms with E-state index in [0.717, 1.165) is 29.6 Å². The first-order valence-corrected chi connectivity index (χ1v) is 6.78. The van der Waals surface area contributed by atoms with Crippen molar-refractivity contribution in [1.29, 1.82) is 0 Å². The zero-order valence-corrected chi connectivity index (χ0v) is 11.7. The molecule has 3 rings (SSSR count). The van der Waals surface area contributed by atoms with Crippen molar-refractivity contribution in [2.45, 2.75) is 13.0 Å². The van der Waals surface area contributed by atoms with Gasteiger partial charge in [0.15, 0.2) is 0 Å². The summed E-state index contributed by atoms with van der Waals surface area (Å²) < 4.78 is 5.44. The summed E-state index contributed by atoms with van der Waals surface area (Å²) in [6.07, 6.45) is 2.02. The molecule has 1 aromatic heterocycles. The number of rotatable bonds is 4. The Hall–Kier alpha value is -2.96. The molecule has 1 aliphatic heterocycles. The topological polar surface area (TPSA) is 107 Å². The van der Waals surface area contributed by atoms with Gasteiger partial charge >= 0.3 is 0 Å². The van der Waals surface area contributed by atoms with Crippen molar-refractivity contribution < 1.29 is 14.3 Å². The highest BCUT2D eigenvalue weighted by Crippen LogP contribution is 2.25. The van der Waals surface area contributed by atoms with Gasteiger partial charge in [0.25, 0.3) is 11.8 Å². The van der Waals surface area contributed by atoms with Gasteiger partial charge in [-0.2, -0.15) is 0 Å². The van der Waals surface area contributed by atoms with E-state index in [-0.39, 0.29) is 17.3 Å². The van der Waals surface area contributed by atoms with Crippen LogP contribution >= 0.6 is 0 Å². The van der Waals surface area contributed by atoms with E-state index in [1.54, 1.807) is 0 Å². The lowest BCUT2D eigenvalue weighted by Crippen LogP contribution is -2.25. The minimum absolute atomic E-state index is 0.00910. The molecule has 2 amide bonds. The zero-order valence-electron chi connectivity index (χ0n) is 11.7. The Kier molecular flexibility index (Phi) is 3.69. The molecule has 0 saturated heterocycles. The number of aromatic nitrogens is 2. The third-order valence-electron chi connectivity index (χ3n) is 3.36. The number of nitrogens with two attached hydrogens (primary N) is 1. The molecule has 0 fully saturated rings. The molecule has 7 nitrogen and oxygen atoms in total. The summed E-state index contributed by atoms with van der Waals surface area (Å²) >= 11 is 0. The Labute approximate surface area is 126 Å². The van der Waals surface area contributed by atoms with Gasteiger partial charge in [0.2, 0.25) is 0 Å². The van der Waals surface area contributed by atoms with Crippen LogP contribution in [0.1, 0.15) is 32.1 Å². The van der Waals surface area contributed by atoms with Crippen LogP contribution in [0.3, 0.4) is 0 Å². The van der Waals surface area contributed by atoms with E-state index < -0.39 is 5.91 Å². The Morgan fingerprint density at radius 3 is 2.86 bits per heavy atom. The standard InChI is InChI=1S/C15H14N4O3/c16-14(20)11-6-12(19-8-18-11)15(21)17-7-9-1-2-13-10(5-9)3-4-22-13/h1-2,5-6,8H,3-4,7H2,(H2,16,20)(H,17,21). The molecule has 112 valence electrons. The number of fused-ring (bicyclic) bond motifs is 1. The number of nitrogens with one attached hydrogen (secondary N) is 1. The Morgan fingerprint density at radius 2 is 2.05 bits per heavy atom. The number of primary amides is 1. The molecule has 0 spiro atoms. The van der Waals surface area contributed by atoms with E-state index in [9.17, 15) is 9.59 Å². The number of ether oxygens (including phenoxy) is 1. The molecular weight excluding hydrogens is 284 g/mol. The number of amides is 2. The molecule has 2 heterocycles. The van der Waals surface area contributed by atoms with Gasteiger partial charge in [-0.15, -0.1) is 0 Å². The maximum absolute atomic E-state index is 12.0. The minimum Gasteiger partial charge on any atom is -0.493 e. The average Bonchev–Trinajstić information content (AvgIpc) is 3.00. The summed E-state index contributed by atoms with van der Waals surface area (Å²) in [7, 11) is 0. The number of hydrogen-bond acceptors (Lipinski definition) is 5. The third kappa shape index (κ3) is 2.88. The van der Waals surface area contributed by atoms with Gasteiger partial charge in [0.1, 0.15) is 23.5 Å². The van der Waals surface area contributed by atoms with Crippen LogP contribution in [-0.2, 0) is 13.0 Å². The fourth-order valence-electron chi connectivity index (χ4n) is 2.24. The van der Waals surface area contributed by atoms with E-state index in [4.69, 9.17) is 10.5 Å². The summed E-state index contributed by atoms with van der Waals surface area (Å²) in [6.45, 7) is 1.06. The van der Waals surface area contributed by atoms with Crippen molar-refractivity contribution in [2.75, 3.05) is 6.61 Å². The van der Waals surface area contributed by atoms with Crippen LogP contribution in [0.25, 0.3) is 0 Å². The maximum atomic E-state index is 12.0. The van der Waals surface area contributed by atoms with E-state index in [0.29, 0.717) is 13.2 Å². The maximum Gasteiger partial charge on any atom is 0.270 e. The summed E-state index contributed by atoms with van der Waals surface area (Å²) in [4.78, 5) is 30.6. The average molecular weight is 298 g/mol. The van der Waals surface area contributed by atoms with Crippen LogP contribution in [0.15, 0.2) is 30.6 Å². The number of benzene rings is 1. The van der Waals surface area contributed by atoms with Crippen LogP contribution < -0.4 is 15.8 Å². The van der Waals surface area contributed by atoms with Gasteiger partial charge < -0.3 is 15.8 Å².